The number of carbonyl (C=O) groups excluding carboxylic acids is 1. The fourth-order valence-electron chi connectivity index (χ4n) is 2.43. The van der Waals surface area contributed by atoms with Gasteiger partial charge in [0.25, 0.3) is 5.91 Å². The summed E-state index contributed by atoms with van der Waals surface area (Å²) in [6.45, 7) is 4.88. The molecular formula is C12H19NO4S. The van der Waals surface area contributed by atoms with Crippen molar-refractivity contribution in [2.75, 3.05) is 12.3 Å². The van der Waals surface area contributed by atoms with Gasteiger partial charge in [0.2, 0.25) is 0 Å². The number of carboxylic acids is 1. The molecule has 2 saturated heterocycles. The standard InChI is InChI=1S/C12H19NO4S/c1-7-8(2)18-6-5-13(7)11(14)9-3-4-10(17-9)12(15)16/h7-10H,3-6H2,1-2H3,(H,15,16)/t7?,8?,9-,10+/m0/s1. The molecule has 1 N–H and O–H groups in total. The molecule has 18 heavy (non-hydrogen) atoms. The molecule has 0 bridgehead atoms. The van der Waals surface area contributed by atoms with Crippen molar-refractivity contribution < 1.29 is 19.4 Å². The Morgan fingerprint density at radius 2 is 1.94 bits per heavy atom. The first-order valence-corrected chi connectivity index (χ1v) is 7.36. The van der Waals surface area contributed by atoms with Crippen molar-refractivity contribution in [2.24, 2.45) is 0 Å². The van der Waals surface area contributed by atoms with E-state index in [1.807, 2.05) is 23.6 Å². The number of carbonyl (C=O) groups is 2. The highest BCUT2D eigenvalue weighted by Gasteiger charge is 2.39. The number of aliphatic carboxylic acids is 1. The van der Waals surface area contributed by atoms with Gasteiger partial charge in [0.15, 0.2) is 6.10 Å². The summed E-state index contributed by atoms with van der Waals surface area (Å²) in [5, 5.41) is 9.28. The number of rotatable bonds is 2. The minimum absolute atomic E-state index is 0.0431. The van der Waals surface area contributed by atoms with Crippen LogP contribution in [0.4, 0.5) is 0 Å². The molecule has 0 aromatic heterocycles. The zero-order valence-corrected chi connectivity index (χ0v) is 11.5. The quantitative estimate of drug-likeness (QED) is 0.812. The van der Waals surface area contributed by atoms with Crippen LogP contribution in [0.3, 0.4) is 0 Å². The van der Waals surface area contributed by atoms with Crippen LogP contribution in [-0.4, -0.2) is 57.7 Å². The normalized spacial score (nSPS) is 36.7. The Labute approximate surface area is 111 Å². The van der Waals surface area contributed by atoms with Crippen molar-refractivity contribution in [1.29, 1.82) is 0 Å². The van der Waals surface area contributed by atoms with Crippen LogP contribution < -0.4 is 0 Å². The van der Waals surface area contributed by atoms with Gasteiger partial charge in [0.1, 0.15) is 6.10 Å². The molecular weight excluding hydrogens is 254 g/mol. The fourth-order valence-corrected chi connectivity index (χ4v) is 3.53. The first-order valence-electron chi connectivity index (χ1n) is 6.31. The van der Waals surface area contributed by atoms with Crippen LogP contribution in [0.5, 0.6) is 0 Å². The molecule has 2 heterocycles. The first kappa shape index (κ1) is 13.7. The second kappa shape index (κ2) is 5.48. The van der Waals surface area contributed by atoms with Gasteiger partial charge in [-0.2, -0.15) is 11.8 Å². The SMILES string of the molecule is CC1SCCN(C(=O)[C@@H]2CC[C@H](C(=O)O)O2)C1C. The second-order valence-corrected chi connectivity index (χ2v) is 6.36. The van der Waals surface area contributed by atoms with Crippen LogP contribution in [0.15, 0.2) is 0 Å². The van der Waals surface area contributed by atoms with Crippen LogP contribution >= 0.6 is 11.8 Å². The fraction of sp³-hybridized carbons (Fsp3) is 0.833. The number of amides is 1. The zero-order valence-electron chi connectivity index (χ0n) is 10.7. The molecule has 2 unspecified atom stereocenters. The van der Waals surface area contributed by atoms with E-state index in [-0.39, 0.29) is 11.9 Å². The lowest BCUT2D eigenvalue weighted by molar-refractivity contribution is -0.155. The molecule has 5 nitrogen and oxygen atoms in total. The summed E-state index contributed by atoms with van der Waals surface area (Å²) >= 11 is 1.87. The molecule has 0 aliphatic carbocycles. The van der Waals surface area contributed by atoms with Crippen molar-refractivity contribution in [1.82, 2.24) is 4.90 Å². The number of thioether (sulfide) groups is 1. The molecule has 0 aromatic rings. The number of nitrogens with zero attached hydrogens (tertiary/aromatic N) is 1. The predicted molar refractivity (Wildman–Crippen MR) is 68.6 cm³/mol. The maximum Gasteiger partial charge on any atom is 0.332 e. The van der Waals surface area contributed by atoms with Crippen molar-refractivity contribution in [3.63, 3.8) is 0 Å². The summed E-state index contributed by atoms with van der Waals surface area (Å²) in [4.78, 5) is 25.0. The van der Waals surface area contributed by atoms with Gasteiger partial charge in [-0.3, -0.25) is 4.79 Å². The molecule has 4 atom stereocenters. The van der Waals surface area contributed by atoms with Crippen molar-refractivity contribution >= 4 is 23.6 Å². The highest BCUT2D eigenvalue weighted by atomic mass is 32.2. The van der Waals surface area contributed by atoms with Gasteiger partial charge in [0, 0.05) is 23.6 Å². The van der Waals surface area contributed by atoms with Crippen LogP contribution in [0.25, 0.3) is 0 Å². The van der Waals surface area contributed by atoms with E-state index in [1.54, 1.807) is 0 Å². The van der Waals surface area contributed by atoms with Gasteiger partial charge in [-0.1, -0.05) is 6.92 Å². The van der Waals surface area contributed by atoms with Gasteiger partial charge >= 0.3 is 5.97 Å². The maximum atomic E-state index is 12.3. The van der Waals surface area contributed by atoms with Crippen LogP contribution in [0.2, 0.25) is 0 Å². The average Bonchev–Trinajstić information content (AvgIpc) is 2.81. The third-order valence-corrected chi connectivity index (χ3v) is 5.08. The third-order valence-electron chi connectivity index (χ3n) is 3.74. The smallest absolute Gasteiger partial charge is 0.332 e. The lowest BCUT2D eigenvalue weighted by Gasteiger charge is -2.38. The Morgan fingerprint density at radius 3 is 2.56 bits per heavy atom. The van der Waals surface area contributed by atoms with Gasteiger partial charge in [0.05, 0.1) is 0 Å². The maximum absolute atomic E-state index is 12.3. The van der Waals surface area contributed by atoms with Gasteiger partial charge in [-0.05, 0) is 19.8 Å². The molecule has 2 aliphatic heterocycles. The van der Waals surface area contributed by atoms with Gasteiger partial charge in [-0.15, -0.1) is 0 Å². The van der Waals surface area contributed by atoms with E-state index in [0.717, 1.165) is 12.3 Å². The van der Waals surface area contributed by atoms with Gasteiger partial charge in [-0.25, -0.2) is 4.79 Å². The van der Waals surface area contributed by atoms with Crippen LogP contribution in [0.1, 0.15) is 26.7 Å². The summed E-state index contributed by atoms with van der Waals surface area (Å²) in [5.41, 5.74) is 0. The monoisotopic (exact) mass is 273 g/mol. The Bertz CT molecular complexity index is 349. The minimum Gasteiger partial charge on any atom is -0.479 e. The number of ether oxygens (including phenoxy) is 1. The molecule has 102 valence electrons. The Morgan fingerprint density at radius 1 is 1.28 bits per heavy atom. The number of hydrogen-bond acceptors (Lipinski definition) is 4. The highest BCUT2D eigenvalue weighted by Crippen LogP contribution is 2.28. The molecule has 0 spiro atoms. The topological polar surface area (TPSA) is 66.8 Å². The molecule has 0 saturated carbocycles. The zero-order chi connectivity index (χ0) is 13.3. The number of carboxylic acid groups (broad SMARTS) is 1. The average molecular weight is 273 g/mol. The second-order valence-electron chi connectivity index (χ2n) is 4.88. The minimum atomic E-state index is -0.971. The third kappa shape index (κ3) is 2.64. The van der Waals surface area contributed by atoms with Gasteiger partial charge < -0.3 is 14.7 Å². The summed E-state index contributed by atoms with van der Waals surface area (Å²) < 4.78 is 5.32. The van der Waals surface area contributed by atoms with E-state index >= 15 is 0 Å². The first-order chi connectivity index (χ1) is 8.50. The van der Waals surface area contributed by atoms with E-state index in [9.17, 15) is 9.59 Å². The van der Waals surface area contributed by atoms with E-state index < -0.39 is 18.2 Å². The van der Waals surface area contributed by atoms with E-state index in [1.165, 1.54) is 0 Å². The largest absolute Gasteiger partial charge is 0.479 e. The summed E-state index contributed by atoms with van der Waals surface area (Å²) in [7, 11) is 0. The molecule has 0 aromatic carbocycles. The van der Waals surface area contributed by atoms with E-state index in [2.05, 4.69) is 6.92 Å². The predicted octanol–water partition coefficient (Wildman–Crippen LogP) is 0.971. The van der Waals surface area contributed by atoms with E-state index in [0.29, 0.717) is 18.1 Å². The lowest BCUT2D eigenvalue weighted by atomic mass is 10.1. The summed E-state index contributed by atoms with van der Waals surface area (Å²) in [6.07, 6.45) is -0.437. The van der Waals surface area contributed by atoms with Crippen molar-refractivity contribution in [3.05, 3.63) is 0 Å². The summed E-state index contributed by atoms with van der Waals surface area (Å²) in [5.74, 6) is -0.0777. The Kier molecular flexibility index (Phi) is 4.17. The molecule has 0 radical (unpaired) electrons. The number of hydrogen-bond donors (Lipinski definition) is 1. The molecule has 6 heteroatoms. The molecule has 2 fully saturated rings. The Hall–Kier alpha value is -0.750. The molecule has 1 amide bonds. The Balaban J connectivity index is 1.97. The van der Waals surface area contributed by atoms with Crippen molar-refractivity contribution in [3.8, 4) is 0 Å². The van der Waals surface area contributed by atoms with E-state index in [4.69, 9.17) is 9.84 Å². The molecule has 2 rings (SSSR count). The van der Waals surface area contributed by atoms with Crippen molar-refractivity contribution in [2.45, 2.75) is 50.2 Å². The molecule has 2 aliphatic rings. The lowest BCUT2D eigenvalue weighted by Crippen LogP contribution is -2.51. The highest BCUT2D eigenvalue weighted by molar-refractivity contribution is 8.00. The van der Waals surface area contributed by atoms with Crippen LogP contribution in [0, 0.1) is 0 Å². The van der Waals surface area contributed by atoms with Crippen LogP contribution in [-0.2, 0) is 14.3 Å². The summed E-state index contributed by atoms with van der Waals surface area (Å²) in [6, 6.07) is 0.184.